The summed E-state index contributed by atoms with van der Waals surface area (Å²) in [6.45, 7) is 5.03. The van der Waals surface area contributed by atoms with E-state index in [0.29, 0.717) is 10.8 Å². The van der Waals surface area contributed by atoms with Gasteiger partial charge in [0.1, 0.15) is 23.4 Å². The van der Waals surface area contributed by atoms with Gasteiger partial charge in [0, 0.05) is 26.0 Å². The number of carbonyl (C=O) groups excluding carboxylic acids is 1. The molecule has 1 saturated heterocycles. The van der Waals surface area contributed by atoms with Crippen LogP contribution in [0.2, 0.25) is 5.02 Å². The first kappa shape index (κ1) is 19.3. The fraction of sp³-hybridized carbons (Fsp3) is 0.400. The summed E-state index contributed by atoms with van der Waals surface area (Å²) >= 11 is 6.32. The van der Waals surface area contributed by atoms with Crippen molar-refractivity contribution < 1.29 is 14.3 Å². The summed E-state index contributed by atoms with van der Waals surface area (Å²) in [7, 11) is 1.59. The van der Waals surface area contributed by atoms with Crippen molar-refractivity contribution in [3.05, 3.63) is 47.1 Å². The second kappa shape index (κ2) is 8.48. The average Bonchev–Trinajstić information content (AvgIpc) is 3.09. The third-order valence-corrected chi connectivity index (χ3v) is 4.86. The van der Waals surface area contributed by atoms with Crippen LogP contribution in [0.5, 0.6) is 11.5 Å². The number of halogens is 1. The Bertz CT molecular complexity index is 798. The average molecular weight is 390 g/mol. The molecule has 1 aromatic carbocycles. The van der Waals surface area contributed by atoms with Gasteiger partial charge in [-0.2, -0.15) is 0 Å². The topological polar surface area (TPSA) is 63.7 Å². The molecule has 1 N–H and O–H groups in total. The lowest BCUT2D eigenvalue weighted by molar-refractivity contribution is -0.119. The molecule has 1 aromatic heterocycles. The lowest BCUT2D eigenvalue weighted by atomic mass is 10.1. The maximum Gasteiger partial charge on any atom is 0.217 e. The van der Waals surface area contributed by atoms with E-state index < -0.39 is 0 Å². The summed E-state index contributed by atoms with van der Waals surface area (Å²) in [5.41, 5.74) is 1.04. The van der Waals surface area contributed by atoms with E-state index in [1.165, 1.54) is 6.92 Å². The monoisotopic (exact) mass is 389 g/mol. The number of hydrogen-bond donors (Lipinski definition) is 1. The predicted molar refractivity (Wildman–Crippen MR) is 106 cm³/mol. The van der Waals surface area contributed by atoms with Gasteiger partial charge in [-0.25, -0.2) is 4.98 Å². The lowest BCUT2D eigenvalue weighted by Gasteiger charge is -2.19. The highest BCUT2D eigenvalue weighted by Gasteiger charge is 2.26. The minimum Gasteiger partial charge on any atom is -0.495 e. The van der Waals surface area contributed by atoms with E-state index in [0.717, 1.165) is 36.6 Å². The Morgan fingerprint density at radius 3 is 2.70 bits per heavy atom. The minimum atomic E-state index is -0.0420. The smallest absolute Gasteiger partial charge is 0.217 e. The van der Waals surface area contributed by atoms with Gasteiger partial charge < -0.3 is 19.7 Å². The Hall–Kier alpha value is -2.47. The number of rotatable bonds is 6. The van der Waals surface area contributed by atoms with Gasteiger partial charge in [0.2, 0.25) is 5.91 Å². The van der Waals surface area contributed by atoms with Crippen LogP contribution in [-0.2, 0) is 4.79 Å². The van der Waals surface area contributed by atoms with Gasteiger partial charge in [-0.1, -0.05) is 23.7 Å². The third-order valence-electron chi connectivity index (χ3n) is 4.58. The molecule has 0 bridgehead atoms. The molecule has 7 heteroatoms. The highest BCUT2D eigenvalue weighted by molar-refractivity contribution is 6.33. The number of hydrogen-bond acceptors (Lipinski definition) is 5. The van der Waals surface area contributed by atoms with Crippen LogP contribution in [0, 0.1) is 0 Å². The fourth-order valence-corrected chi connectivity index (χ4v) is 3.47. The first-order chi connectivity index (χ1) is 13.0. The maximum atomic E-state index is 11.2. The van der Waals surface area contributed by atoms with E-state index in [4.69, 9.17) is 21.1 Å². The molecule has 2 aromatic rings. The number of anilines is 1. The van der Waals surface area contributed by atoms with Crippen molar-refractivity contribution >= 4 is 23.3 Å². The summed E-state index contributed by atoms with van der Waals surface area (Å²) in [4.78, 5) is 17.7. The predicted octanol–water partition coefficient (Wildman–Crippen LogP) is 3.60. The minimum absolute atomic E-state index is 0.0261. The Morgan fingerprint density at radius 1 is 1.33 bits per heavy atom. The number of methoxy groups -OCH3 is 1. The molecule has 3 rings (SSSR count). The zero-order valence-electron chi connectivity index (χ0n) is 15.7. The normalized spacial score (nSPS) is 17.5. The Kier molecular flexibility index (Phi) is 6.06. The van der Waals surface area contributed by atoms with Crippen LogP contribution < -0.4 is 19.7 Å². The number of amides is 1. The van der Waals surface area contributed by atoms with E-state index in [2.05, 4.69) is 15.2 Å². The number of ether oxygens (including phenoxy) is 2. The van der Waals surface area contributed by atoms with Crippen LogP contribution in [0.1, 0.15) is 31.9 Å². The van der Waals surface area contributed by atoms with Gasteiger partial charge in [0.05, 0.1) is 30.9 Å². The molecule has 1 aliphatic rings. The maximum absolute atomic E-state index is 11.2. The van der Waals surface area contributed by atoms with Crippen LogP contribution in [0.4, 0.5) is 5.82 Å². The SMILES string of the molecule is COc1cnc(N2CC[C@@H](Oc3ccc([C@H](C)NC(C)=O)cc3)C2)c(Cl)c1. The quantitative estimate of drug-likeness (QED) is 0.817. The summed E-state index contributed by atoms with van der Waals surface area (Å²) < 4.78 is 11.3. The molecule has 0 unspecified atom stereocenters. The van der Waals surface area contributed by atoms with Crippen molar-refractivity contribution in [2.45, 2.75) is 32.4 Å². The molecule has 0 radical (unpaired) electrons. The second-order valence-corrected chi connectivity index (χ2v) is 7.05. The van der Waals surface area contributed by atoms with Crippen molar-refractivity contribution in [2.24, 2.45) is 0 Å². The van der Waals surface area contributed by atoms with Crippen LogP contribution in [0.3, 0.4) is 0 Å². The van der Waals surface area contributed by atoms with Gasteiger partial charge in [0.15, 0.2) is 0 Å². The van der Waals surface area contributed by atoms with Crippen molar-refractivity contribution in [3.63, 3.8) is 0 Å². The molecule has 1 aliphatic heterocycles. The van der Waals surface area contributed by atoms with Crippen molar-refractivity contribution in [1.29, 1.82) is 0 Å². The molecular weight excluding hydrogens is 366 g/mol. The number of pyridine rings is 1. The largest absolute Gasteiger partial charge is 0.495 e. The zero-order chi connectivity index (χ0) is 19.4. The fourth-order valence-electron chi connectivity index (χ4n) is 3.19. The zero-order valence-corrected chi connectivity index (χ0v) is 16.5. The summed E-state index contributed by atoms with van der Waals surface area (Å²) in [6, 6.07) is 9.58. The summed E-state index contributed by atoms with van der Waals surface area (Å²) in [5.74, 6) is 2.17. The van der Waals surface area contributed by atoms with Crippen LogP contribution in [0.15, 0.2) is 36.5 Å². The van der Waals surface area contributed by atoms with Crippen LogP contribution >= 0.6 is 11.6 Å². The summed E-state index contributed by atoms with van der Waals surface area (Å²) in [6.07, 6.45) is 2.64. The number of nitrogens with zero attached hydrogens (tertiary/aromatic N) is 2. The number of carbonyl (C=O) groups is 1. The van der Waals surface area contributed by atoms with E-state index in [1.807, 2.05) is 31.2 Å². The van der Waals surface area contributed by atoms with E-state index in [-0.39, 0.29) is 18.1 Å². The first-order valence-corrected chi connectivity index (χ1v) is 9.32. The van der Waals surface area contributed by atoms with Gasteiger partial charge in [0.25, 0.3) is 0 Å². The van der Waals surface area contributed by atoms with Crippen molar-refractivity contribution in [3.8, 4) is 11.5 Å². The standard InChI is InChI=1S/C20H24ClN3O3/c1-13(23-14(2)25)15-4-6-16(7-5-15)27-17-8-9-24(12-17)20-19(21)10-18(26-3)11-22-20/h4-7,10-11,13,17H,8-9,12H2,1-3H3,(H,23,25)/t13-,17+/m0/s1. The molecule has 27 heavy (non-hydrogen) atoms. The van der Waals surface area contributed by atoms with E-state index >= 15 is 0 Å². The van der Waals surface area contributed by atoms with Gasteiger partial charge in [-0.15, -0.1) is 0 Å². The van der Waals surface area contributed by atoms with Gasteiger partial charge in [-0.05, 0) is 24.6 Å². The molecule has 1 amide bonds. The van der Waals surface area contributed by atoms with Gasteiger partial charge >= 0.3 is 0 Å². The molecule has 144 valence electrons. The second-order valence-electron chi connectivity index (χ2n) is 6.65. The molecule has 6 nitrogen and oxygen atoms in total. The molecule has 0 aliphatic carbocycles. The Labute approximate surface area is 164 Å². The molecule has 2 atom stereocenters. The number of benzene rings is 1. The number of aromatic nitrogens is 1. The van der Waals surface area contributed by atoms with Crippen LogP contribution in [-0.4, -0.2) is 37.2 Å². The van der Waals surface area contributed by atoms with Crippen LogP contribution in [0.25, 0.3) is 0 Å². The Balaban J connectivity index is 1.59. The molecule has 0 saturated carbocycles. The summed E-state index contributed by atoms with van der Waals surface area (Å²) in [5, 5.41) is 3.45. The Morgan fingerprint density at radius 2 is 2.07 bits per heavy atom. The number of nitrogens with one attached hydrogen (secondary N) is 1. The third kappa shape index (κ3) is 4.83. The van der Waals surface area contributed by atoms with Gasteiger partial charge in [-0.3, -0.25) is 4.79 Å². The molecule has 0 spiro atoms. The highest BCUT2D eigenvalue weighted by atomic mass is 35.5. The molecular formula is C20H24ClN3O3. The van der Waals surface area contributed by atoms with Crippen molar-refractivity contribution in [1.82, 2.24) is 10.3 Å². The van der Waals surface area contributed by atoms with E-state index in [1.54, 1.807) is 19.4 Å². The lowest BCUT2D eigenvalue weighted by Crippen LogP contribution is -2.25. The highest BCUT2D eigenvalue weighted by Crippen LogP contribution is 2.30. The molecule has 2 heterocycles. The molecule has 1 fully saturated rings. The van der Waals surface area contributed by atoms with Crippen molar-refractivity contribution in [2.75, 3.05) is 25.1 Å². The van der Waals surface area contributed by atoms with E-state index in [9.17, 15) is 4.79 Å². The first-order valence-electron chi connectivity index (χ1n) is 8.94.